The van der Waals surface area contributed by atoms with Gasteiger partial charge in [0.25, 0.3) is 0 Å². The summed E-state index contributed by atoms with van der Waals surface area (Å²) in [6, 6.07) is 0. The van der Waals surface area contributed by atoms with E-state index in [1.54, 1.807) is 0 Å². The van der Waals surface area contributed by atoms with Crippen molar-refractivity contribution in [1.82, 2.24) is 0 Å². The summed E-state index contributed by atoms with van der Waals surface area (Å²) in [6.45, 7) is 5.75. The molecule has 0 atom stereocenters. The van der Waals surface area contributed by atoms with Gasteiger partial charge in [-0.3, -0.25) is 0 Å². The van der Waals surface area contributed by atoms with Gasteiger partial charge in [0.05, 0.1) is 12.7 Å². The van der Waals surface area contributed by atoms with Crippen molar-refractivity contribution in [1.29, 1.82) is 0 Å². The summed E-state index contributed by atoms with van der Waals surface area (Å²) in [5.41, 5.74) is 0. The van der Waals surface area contributed by atoms with Crippen molar-refractivity contribution in [2.24, 2.45) is 0 Å². The quantitative estimate of drug-likeness (QED) is 0.331. The highest BCUT2D eigenvalue weighted by Crippen LogP contribution is 1.93. The van der Waals surface area contributed by atoms with Gasteiger partial charge in [-0.05, 0) is 6.42 Å². The van der Waals surface area contributed by atoms with Crippen molar-refractivity contribution >= 4 is 5.97 Å². The van der Waals surface area contributed by atoms with Crippen LogP contribution in [0.3, 0.4) is 0 Å². The molecule has 0 aliphatic heterocycles. The molecule has 0 saturated heterocycles. The first kappa shape index (κ1) is 9.21. The van der Waals surface area contributed by atoms with Crippen LogP contribution in [0.15, 0.2) is 6.58 Å². The third-order valence-electron chi connectivity index (χ3n) is 1.13. The minimum absolute atomic E-state index is 0.448. The molecule has 1 radical (unpaired) electrons. The Balaban J connectivity index is 3.03. The molecule has 0 amide bonds. The Hall–Kier alpha value is -0.790. The first-order valence-electron chi connectivity index (χ1n) is 3.51. The highest BCUT2D eigenvalue weighted by molar-refractivity contribution is 5.76. The molecule has 0 rings (SSSR count). The molecule has 0 heterocycles. The molecule has 10 heavy (non-hydrogen) atoms. The first-order valence-corrected chi connectivity index (χ1v) is 3.51. The number of rotatable bonds is 5. The zero-order valence-corrected chi connectivity index (χ0v) is 6.35. The Bertz CT molecular complexity index is 108. The fraction of sp³-hybridized carbons (Fsp3) is 0.625. The second kappa shape index (κ2) is 6.33. The summed E-state index contributed by atoms with van der Waals surface area (Å²) in [7, 11) is 0. The fourth-order valence-corrected chi connectivity index (χ4v) is 0.568. The van der Waals surface area contributed by atoms with Gasteiger partial charge in [0.1, 0.15) is 0 Å². The van der Waals surface area contributed by atoms with E-state index in [1.807, 2.05) is 0 Å². The zero-order chi connectivity index (χ0) is 7.82. The molecular formula is C8H13O2. The number of ether oxygens (including phenoxy) is 1. The SMILES string of the molecule is C=[C]C(=O)OCCCCC. The average Bonchev–Trinajstić information content (AvgIpc) is 1.98. The fourth-order valence-electron chi connectivity index (χ4n) is 0.568. The normalized spacial score (nSPS) is 8.90. The van der Waals surface area contributed by atoms with Crippen molar-refractivity contribution in [3.63, 3.8) is 0 Å². The van der Waals surface area contributed by atoms with Gasteiger partial charge in [0.15, 0.2) is 0 Å². The molecule has 2 heteroatoms. The molecular weight excluding hydrogens is 128 g/mol. The number of unbranched alkanes of at least 4 members (excludes halogenated alkanes) is 2. The van der Waals surface area contributed by atoms with Crippen molar-refractivity contribution < 1.29 is 9.53 Å². The van der Waals surface area contributed by atoms with E-state index in [0.29, 0.717) is 6.61 Å². The lowest BCUT2D eigenvalue weighted by atomic mass is 10.3. The van der Waals surface area contributed by atoms with Crippen molar-refractivity contribution in [3.8, 4) is 0 Å². The van der Waals surface area contributed by atoms with Crippen LogP contribution >= 0.6 is 0 Å². The molecule has 0 fully saturated rings. The van der Waals surface area contributed by atoms with Crippen molar-refractivity contribution in [2.45, 2.75) is 26.2 Å². The van der Waals surface area contributed by atoms with Crippen LogP contribution in [0.1, 0.15) is 26.2 Å². The maximum Gasteiger partial charge on any atom is 0.338 e. The number of hydrogen-bond acceptors (Lipinski definition) is 2. The van der Waals surface area contributed by atoms with Gasteiger partial charge in [0, 0.05) is 0 Å². The molecule has 0 bridgehead atoms. The lowest BCUT2D eigenvalue weighted by Gasteiger charge is -1.98. The van der Waals surface area contributed by atoms with Crippen LogP contribution < -0.4 is 0 Å². The van der Waals surface area contributed by atoms with Gasteiger partial charge in [-0.2, -0.15) is 0 Å². The Kier molecular flexibility index (Phi) is 5.83. The zero-order valence-electron chi connectivity index (χ0n) is 6.35. The lowest BCUT2D eigenvalue weighted by molar-refractivity contribution is -0.138. The number of hydrogen-bond donors (Lipinski definition) is 0. The molecule has 0 saturated carbocycles. The van der Waals surface area contributed by atoms with Gasteiger partial charge in [-0.15, -0.1) is 0 Å². The Morgan fingerprint density at radius 1 is 1.60 bits per heavy atom. The van der Waals surface area contributed by atoms with Gasteiger partial charge >= 0.3 is 5.97 Å². The number of carbonyl (C=O) groups excluding carboxylic acids is 1. The molecule has 0 spiro atoms. The standard InChI is InChI=1S/C8H13O2/c1-3-5-6-7-10-8(9)4-2/h2-3,5-7H2,1H3. The minimum Gasteiger partial charge on any atom is -0.462 e. The minimum atomic E-state index is -0.448. The molecule has 0 aliphatic rings. The van der Waals surface area contributed by atoms with Crippen LogP contribution in [0.2, 0.25) is 0 Å². The van der Waals surface area contributed by atoms with E-state index in [0.717, 1.165) is 19.3 Å². The molecule has 0 aromatic heterocycles. The molecule has 0 aromatic rings. The third-order valence-corrected chi connectivity index (χ3v) is 1.13. The summed E-state index contributed by atoms with van der Waals surface area (Å²) in [5.74, 6) is -0.448. The maximum absolute atomic E-state index is 10.4. The summed E-state index contributed by atoms with van der Waals surface area (Å²) in [6.07, 6.45) is 5.30. The highest BCUT2D eigenvalue weighted by atomic mass is 16.5. The van der Waals surface area contributed by atoms with Gasteiger partial charge in [-0.25, -0.2) is 4.79 Å². The third kappa shape index (κ3) is 5.35. The summed E-state index contributed by atoms with van der Waals surface area (Å²) < 4.78 is 4.68. The monoisotopic (exact) mass is 141 g/mol. The van der Waals surface area contributed by atoms with E-state index in [4.69, 9.17) is 0 Å². The Morgan fingerprint density at radius 2 is 2.30 bits per heavy atom. The molecule has 0 unspecified atom stereocenters. The second-order valence-electron chi connectivity index (χ2n) is 2.02. The van der Waals surface area contributed by atoms with E-state index in [9.17, 15) is 4.79 Å². The number of carbonyl (C=O) groups is 1. The van der Waals surface area contributed by atoms with Crippen LogP contribution in [-0.2, 0) is 9.53 Å². The first-order chi connectivity index (χ1) is 4.81. The molecule has 57 valence electrons. The van der Waals surface area contributed by atoms with Gasteiger partial charge in [0.2, 0.25) is 0 Å². The van der Waals surface area contributed by atoms with E-state index in [-0.39, 0.29) is 0 Å². The largest absolute Gasteiger partial charge is 0.462 e. The highest BCUT2D eigenvalue weighted by Gasteiger charge is 1.93. The van der Waals surface area contributed by atoms with E-state index >= 15 is 0 Å². The van der Waals surface area contributed by atoms with Gasteiger partial charge in [-0.1, -0.05) is 26.3 Å². The van der Waals surface area contributed by atoms with E-state index < -0.39 is 5.97 Å². The molecule has 2 nitrogen and oxygen atoms in total. The summed E-state index contributed by atoms with van der Waals surface area (Å²) >= 11 is 0. The summed E-state index contributed by atoms with van der Waals surface area (Å²) in [4.78, 5) is 10.4. The van der Waals surface area contributed by atoms with Crippen LogP contribution in [-0.4, -0.2) is 12.6 Å². The predicted molar refractivity (Wildman–Crippen MR) is 39.4 cm³/mol. The molecule has 0 N–H and O–H groups in total. The van der Waals surface area contributed by atoms with Crippen LogP contribution in [0, 0.1) is 6.08 Å². The average molecular weight is 141 g/mol. The Morgan fingerprint density at radius 3 is 2.80 bits per heavy atom. The Labute approximate surface area is 61.9 Å². The lowest BCUT2D eigenvalue weighted by Crippen LogP contribution is -2.01. The number of esters is 1. The van der Waals surface area contributed by atoms with E-state index in [2.05, 4.69) is 24.3 Å². The topological polar surface area (TPSA) is 26.3 Å². The second-order valence-corrected chi connectivity index (χ2v) is 2.02. The smallest absolute Gasteiger partial charge is 0.338 e. The van der Waals surface area contributed by atoms with Crippen molar-refractivity contribution in [2.75, 3.05) is 6.61 Å². The predicted octanol–water partition coefficient (Wildman–Crippen LogP) is 1.71. The molecule has 0 aliphatic carbocycles. The summed E-state index contributed by atoms with van der Waals surface area (Å²) in [5, 5.41) is 0. The van der Waals surface area contributed by atoms with E-state index in [1.165, 1.54) is 0 Å². The van der Waals surface area contributed by atoms with Crippen LogP contribution in [0.25, 0.3) is 0 Å². The van der Waals surface area contributed by atoms with Crippen LogP contribution in [0.5, 0.6) is 0 Å². The van der Waals surface area contributed by atoms with Crippen molar-refractivity contribution in [3.05, 3.63) is 12.7 Å². The van der Waals surface area contributed by atoms with Crippen LogP contribution in [0.4, 0.5) is 0 Å². The molecule has 0 aromatic carbocycles. The maximum atomic E-state index is 10.4. The van der Waals surface area contributed by atoms with Gasteiger partial charge < -0.3 is 4.74 Å².